The van der Waals surface area contributed by atoms with E-state index in [2.05, 4.69) is 9.84 Å². The molecular weight excluding hydrogens is 288 g/mol. The third-order valence-electron chi connectivity index (χ3n) is 3.19. The fourth-order valence-electron chi connectivity index (χ4n) is 2.09. The highest BCUT2D eigenvalue weighted by molar-refractivity contribution is 5.90. The minimum absolute atomic E-state index is 0.253. The number of hydrogen-bond acceptors (Lipinski definition) is 6. The zero-order valence-corrected chi connectivity index (χ0v) is 11.9. The smallest absolute Gasteiger partial charge is 0.362 e. The Kier molecular flexibility index (Phi) is 3.38. The highest BCUT2D eigenvalue weighted by Crippen LogP contribution is 2.19. The van der Waals surface area contributed by atoms with E-state index in [4.69, 9.17) is 9.15 Å². The highest BCUT2D eigenvalue weighted by Gasteiger charge is 2.20. The van der Waals surface area contributed by atoms with Gasteiger partial charge in [-0.05, 0) is 30.3 Å². The number of nitrogens with zero attached hydrogens (tertiary/aromatic N) is 2. The van der Waals surface area contributed by atoms with Crippen molar-refractivity contribution in [3.8, 4) is 11.4 Å². The van der Waals surface area contributed by atoms with Crippen LogP contribution < -0.4 is 10.2 Å². The van der Waals surface area contributed by atoms with Crippen molar-refractivity contribution in [1.29, 1.82) is 0 Å². The molecule has 0 amide bonds. The van der Waals surface area contributed by atoms with Gasteiger partial charge >= 0.3 is 5.97 Å². The predicted octanol–water partition coefficient (Wildman–Crippen LogP) is 1.77. The Bertz CT molecular complexity index is 892. The fourth-order valence-corrected chi connectivity index (χ4v) is 2.09. The summed E-state index contributed by atoms with van der Waals surface area (Å²) in [4.78, 5) is 24.0. The maximum atomic E-state index is 12.2. The van der Waals surface area contributed by atoms with E-state index in [0.717, 1.165) is 0 Å². The van der Waals surface area contributed by atoms with Crippen LogP contribution in [0.5, 0.6) is 5.75 Å². The van der Waals surface area contributed by atoms with Crippen molar-refractivity contribution in [2.75, 3.05) is 14.2 Å². The molecule has 7 heteroatoms. The molecule has 22 heavy (non-hydrogen) atoms. The molecule has 0 spiro atoms. The number of rotatable bonds is 3. The van der Waals surface area contributed by atoms with Crippen LogP contribution in [-0.4, -0.2) is 30.0 Å². The molecule has 0 fully saturated rings. The Morgan fingerprint density at radius 2 is 1.91 bits per heavy atom. The van der Waals surface area contributed by atoms with Gasteiger partial charge in [-0.25, -0.2) is 4.79 Å². The van der Waals surface area contributed by atoms with Gasteiger partial charge in [-0.3, -0.25) is 4.79 Å². The van der Waals surface area contributed by atoms with Crippen molar-refractivity contribution in [2.24, 2.45) is 0 Å². The summed E-state index contributed by atoms with van der Waals surface area (Å²) in [5, 5.41) is 4.32. The Hall–Kier alpha value is -3.09. The molecule has 2 aromatic heterocycles. The van der Waals surface area contributed by atoms with Crippen LogP contribution in [0, 0.1) is 0 Å². The molecule has 1 aromatic carbocycles. The quantitative estimate of drug-likeness (QED) is 0.685. The Morgan fingerprint density at radius 3 is 2.55 bits per heavy atom. The number of fused-ring (bicyclic) bond motifs is 1. The van der Waals surface area contributed by atoms with Gasteiger partial charge in [0.2, 0.25) is 16.8 Å². The molecule has 0 atom stereocenters. The third kappa shape index (κ3) is 2.12. The number of hydrogen-bond donors (Lipinski definition) is 0. The molecule has 2 heterocycles. The van der Waals surface area contributed by atoms with E-state index < -0.39 is 11.4 Å². The molecule has 0 saturated carbocycles. The lowest BCUT2D eigenvalue weighted by Gasteiger charge is -2.08. The highest BCUT2D eigenvalue weighted by atomic mass is 16.5. The van der Waals surface area contributed by atoms with Crippen LogP contribution in [0.3, 0.4) is 0 Å². The van der Waals surface area contributed by atoms with Crippen molar-refractivity contribution in [3.63, 3.8) is 0 Å². The predicted molar refractivity (Wildman–Crippen MR) is 77.5 cm³/mol. The third-order valence-corrected chi connectivity index (χ3v) is 3.19. The van der Waals surface area contributed by atoms with Crippen molar-refractivity contribution < 1.29 is 18.7 Å². The molecule has 3 aromatic rings. The molecule has 0 aliphatic heterocycles. The zero-order valence-electron chi connectivity index (χ0n) is 11.9. The van der Waals surface area contributed by atoms with Crippen LogP contribution in [-0.2, 0) is 4.74 Å². The lowest BCUT2D eigenvalue weighted by molar-refractivity contribution is 0.0590. The first-order valence-electron chi connectivity index (χ1n) is 6.39. The van der Waals surface area contributed by atoms with Crippen molar-refractivity contribution in [1.82, 2.24) is 9.78 Å². The first kappa shape index (κ1) is 13.9. The van der Waals surface area contributed by atoms with Gasteiger partial charge in [0.05, 0.1) is 31.6 Å². The van der Waals surface area contributed by atoms with E-state index in [9.17, 15) is 9.59 Å². The second kappa shape index (κ2) is 5.36. The molecule has 0 aliphatic carbocycles. The summed E-state index contributed by atoms with van der Waals surface area (Å²) in [6, 6.07) is 8.44. The van der Waals surface area contributed by atoms with Crippen molar-refractivity contribution >= 4 is 17.1 Å². The topological polar surface area (TPSA) is 83.6 Å². The lowest BCUT2D eigenvalue weighted by atomic mass is 10.2. The molecule has 0 aliphatic rings. The van der Waals surface area contributed by atoms with Gasteiger partial charge in [-0.15, -0.1) is 0 Å². The summed E-state index contributed by atoms with van der Waals surface area (Å²) < 4.78 is 16.4. The number of esters is 1. The van der Waals surface area contributed by atoms with E-state index in [-0.39, 0.29) is 16.8 Å². The van der Waals surface area contributed by atoms with E-state index >= 15 is 0 Å². The van der Waals surface area contributed by atoms with Gasteiger partial charge in [-0.1, -0.05) is 0 Å². The molecule has 0 N–H and O–H groups in total. The number of furan rings is 1. The maximum Gasteiger partial charge on any atom is 0.362 e. The van der Waals surface area contributed by atoms with E-state index in [1.54, 1.807) is 31.4 Å². The largest absolute Gasteiger partial charge is 0.497 e. The molecular formula is C15H12N2O5. The van der Waals surface area contributed by atoms with Crippen LogP contribution in [0.2, 0.25) is 0 Å². The van der Waals surface area contributed by atoms with Gasteiger partial charge in [0.25, 0.3) is 0 Å². The summed E-state index contributed by atoms with van der Waals surface area (Å²) in [7, 11) is 2.76. The van der Waals surface area contributed by atoms with Gasteiger partial charge in [0.15, 0.2) is 0 Å². The lowest BCUT2D eigenvalue weighted by Crippen LogP contribution is -2.22. The van der Waals surface area contributed by atoms with Crippen LogP contribution in [0.25, 0.3) is 16.8 Å². The van der Waals surface area contributed by atoms with E-state index in [0.29, 0.717) is 11.4 Å². The van der Waals surface area contributed by atoms with Crippen molar-refractivity contribution in [2.45, 2.75) is 0 Å². The maximum absolute atomic E-state index is 12.2. The second-order valence-corrected chi connectivity index (χ2v) is 4.42. The Morgan fingerprint density at radius 1 is 1.18 bits per heavy atom. The van der Waals surface area contributed by atoms with E-state index in [1.165, 1.54) is 24.1 Å². The average molecular weight is 300 g/mol. The summed E-state index contributed by atoms with van der Waals surface area (Å²) in [6.07, 6.45) is 1.37. The number of benzene rings is 1. The Labute approximate surface area is 124 Å². The molecule has 3 rings (SSSR count). The molecule has 0 saturated heterocycles. The molecule has 7 nitrogen and oxygen atoms in total. The molecule has 0 bridgehead atoms. The number of methoxy groups -OCH3 is 2. The minimum atomic E-state index is -0.796. The zero-order chi connectivity index (χ0) is 15.7. The van der Waals surface area contributed by atoms with Crippen LogP contribution >= 0.6 is 0 Å². The normalized spacial score (nSPS) is 10.6. The van der Waals surface area contributed by atoms with Gasteiger partial charge in [0.1, 0.15) is 5.75 Å². The van der Waals surface area contributed by atoms with Crippen LogP contribution in [0.1, 0.15) is 10.5 Å². The second-order valence-electron chi connectivity index (χ2n) is 4.42. The van der Waals surface area contributed by atoms with E-state index in [1.807, 2.05) is 0 Å². The summed E-state index contributed by atoms with van der Waals surface area (Å²) >= 11 is 0. The summed E-state index contributed by atoms with van der Waals surface area (Å²) in [5.74, 6) is -0.121. The standard InChI is InChI=1S/C15H12N2O5/c1-20-10-5-3-9(4-6-10)17-14-11(7-8-22-14)13(18)12(16-17)15(19)21-2/h3-8H,1-2H3. The molecule has 0 radical (unpaired) electrons. The average Bonchev–Trinajstić information content (AvgIpc) is 3.05. The number of carbonyl (C=O) groups is 1. The van der Waals surface area contributed by atoms with Gasteiger partial charge < -0.3 is 13.9 Å². The monoisotopic (exact) mass is 300 g/mol. The number of carbonyl (C=O) groups excluding carboxylic acids is 1. The van der Waals surface area contributed by atoms with Gasteiger partial charge in [-0.2, -0.15) is 9.78 Å². The minimum Gasteiger partial charge on any atom is -0.497 e. The van der Waals surface area contributed by atoms with Crippen LogP contribution in [0.4, 0.5) is 0 Å². The Balaban J connectivity index is 2.27. The summed E-state index contributed by atoms with van der Waals surface area (Å²) in [5.41, 5.74) is 0.0429. The fraction of sp³-hybridized carbons (Fsp3) is 0.133. The SMILES string of the molecule is COC(=O)c1nn(-c2ccc(OC)cc2)c2occc2c1=O. The summed E-state index contributed by atoms with van der Waals surface area (Å²) in [6.45, 7) is 0. The number of ether oxygens (including phenoxy) is 2. The van der Waals surface area contributed by atoms with Crippen LogP contribution in [0.15, 0.2) is 45.8 Å². The molecule has 0 unspecified atom stereocenters. The van der Waals surface area contributed by atoms with Crippen molar-refractivity contribution in [3.05, 3.63) is 52.5 Å². The first-order valence-corrected chi connectivity index (χ1v) is 6.39. The van der Waals surface area contributed by atoms with Gasteiger partial charge in [0, 0.05) is 0 Å². The number of aromatic nitrogens is 2. The first-order chi connectivity index (χ1) is 10.7. The molecule has 112 valence electrons.